The minimum Gasteiger partial charge on any atom is -0.488 e. The molecule has 0 saturated carbocycles. The first-order valence-corrected chi connectivity index (χ1v) is 8.57. The fourth-order valence-electron chi connectivity index (χ4n) is 2.00. The minimum atomic E-state index is -0.306. The summed E-state index contributed by atoms with van der Waals surface area (Å²) in [7, 11) is 0. The van der Waals surface area contributed by atoms with Crippen LogP contribution in [0.1, 0.15) is 22.8 Å². The number of ether oxygens (including phenoxy) is 2. The molecule has 0 aliphatic heterocycles. The standard InChI is InChI=1S/C19H19IO3/c1-2-22-19(21)16-11-12-18(17(20)14-16)23-13-7-6-10-15-8-4-3-5-9-15/h3-9,11-12,14H,2,10,13H2,1H3. The van der Waals surface area contributed by atoms with Gasteiger partial charge in [-0.2, -0.15) is 0 Å². The number of hydrogen-bond acceptors (Lipinski definition) is 3. The SMILES string of the molecule is CCOC(=O)c1ccc(OCC=CCc2ccccc2)c(I)c1. The lowest BCUT2D eigenvalue weighted by Gasteiger charge is -2.08. The summed E-state index contributed by atoms with van der Waals surface area (Å²) in [5, 5.41) is 0. The molecule has 2 aromatic rings. The highest BCUT2D eigenvalue weighted by Gasteiger charge is 2.09. The number of benzene rings is 2. The van der Waals surface area contributed by atoms with E-state index in [1.807, 2.05) is 24.3 Å². The quantitative estimate of drug-likeness (QED) is 0.371. The number of esters is 1. The zero-order chi connectivity index (χ0) is 16.5. The summed E-state index contributed by atoms with van der Waals surface area (Å²) >= 11 is 2.16. The smallest absolute Gasteiger partial charge is 0.338 e. The van der Waals surface area contributed by atoms with E-state index in [4.69, 9.17) is 9.47 Å². The molecule has 2 rings (SSSR count). The molecule has 23 heavy (non-hydrogen) atoms. The predicted octanol–water partition coefficient (Wildman–Crippen LogP) is 4.65. The number of carbonyl (C=O) groups is 1. The van der Waals surface area contributed by atoms with E-state index in [0.717, 1.165) is 15.7 Å². The minimum absolute atomic E-state index is 0.306. The van der Waals surface area contributed by atoms with Gasteiger partial charge in [-0.15, -0.1) is 0 Å². The molecule has 0 atom stereocenters. The van der Waals surface area contributed by atoms with Gasteiger partial charge < -0.3 is 9.47 Å². The van der Waals surface area contributed by atoms with Crippen molar-refractivity contribution in [3.8, 4) is 5.75 Å². The van der Waals surface area contributed by atoms with Crippen molar-refractivity contribution >= 4 is 28.6 Å². The van der Waals surface area contributed by atoms with Crippen molar-refractivity contribution in [2.24, 2.45) is 0 Å². The Labute approximate surface area is 150 Å². The second-order valence-corrected chi connectivity index (χ2v) is 6.00. The molecule has 0 bridgehead atoms. The molecule has 0 aromatic heterocycles. The lowest BCUT2D eigenvalue weighted by Crippen LogP contribution is -2.05. The third-order valence-electron chi connectivity index (χ3n) is 3.14. The third-order valence-corrected chi connectivity index (χ3v) is 3.98. The van der Waals surface area contributed by atoms with Crippen molar-refractivity contribution in [1.29, 1.82) is 0 Å². The third kappa shape index (κ3) is 5.71. The molecular weight excluding hydrogens is 403 g/mol. The highest BCUT2D eigenvalue weighted by atomic mass is 127. The second kappa shape index (κ2) is 9.35. The van der Waals surface area contributed by atoms with Gasteiger partial charge in [0.15, 0.2) is 0 Å². The van der Waals surface area contributed by atoms with Crippen molar-refractivity contribution in [3.63, 3.8) is 0 Å². The summed E-state index contributed by atoms with van der Waals surface area (Å²) in [6.45, 7) is 2.67. The highest BCUT2D eigenvalue weighted by molar-refractivity contribution is 14.1. The van der Waals surface area contributed by atoms with Crippen LogP contribution >= 0.6 is 22.6 Å². The Morgan fingerprint density at radius 1 is 1.13 bits per heavy atom. The monoisotopic (exact) mass is 422 g/mol. The van der Waals surface area contributed by atoms with Gasteiger partial charge in [-0.25, -0.2) is 4.79 Å². The van der Waals surface area contributed by atoms with Crippen LogP contribution in [0.5, 0.6) is 5.75 Å². The van der Waals surface area contributed by atoms with Gasteiger partial charge in [0.05, 0.1) is 15.7 Å². The van der Waals surface area contributed by atoms with Crippen LogP contribution in [0, 0.1) is 3.57 Å². The molecule has 4 heteroatoms. The molecule has 0 aliphatic rings. The Balaban J connectivity index is 1.85. The van der Waals surface area contributed by atoms with Crippen LogP contribution in [0.4, 0.5) is 0 Å². The van der Waals surface area contributed by atoms with Crippen molar-refractivity contribution in [1.82, 2.24) is 0 Å². The molecule has 0 fully saturated rings. The Bertz CT molecular complexity index is 666. The van der Waals surface area contributed by atoms with Gasteiger partial charge in [-0.1, -0.05) is 42.5 Å². The molecular formula is C19H19IO3. The maximum atomic E-state index is 11.7. The van der Waals surface area contributed by atoms with Crippen LogP contribution in [0.2, 0.25) is 0 Å². The normalized spacial score (nSPS) is 10.7. The molecule has 0 heterocycles. The van der Waals surface area contributed by atoms with Crippen LogP contribution in [0.25, 0.3) is 0 Å². The zero-order valence-electron chi connectivity index (χ0n) is 13.0. The summed E-state index contributed by atoms with van der Waals surface area (Å²) in [6, 6.07) is 15.6. The number of hydrogen-bond donors (Lipinski definition) is 0. The van der Waals surface area contributed by atoms with E-state index >= 15 is 0 Å². The summed E-state index contributed by atoms with van der Waals surface area (Å²) in [5.41, 5.74) is 1.82. The van der Waals surface area contributed by atoms with E-state index in [1.54, 1.807) is 25.1 Å². The Hall–Kier alpha value is -1.82. The first-order chi connectivity index (χ1) is 11.2. The van der Waals surface area contributed by atoms with Gasteiger partial charge in [0, 0.05) is 0 Å². The van der Waals surface area contributed by atoms with E-state index in [2.05, 4.69) is 40.8 Å². The largest absolute Gasteiger partial charge is 0.488 e. The second-order valence-electron chi connectivity index (χ2n) is 4.84. The zero-order valence-corrected chi connectivity index (χ0v) is 15.2. The first-order valence-electron chi connectivity index (χ1n) is 7.49. The van der Waals surface area contributed by atoms with Crippen molar-refractivity contribution in [2.75, 3.05) is 13.2 Å². The molecule has 0 spiro atoms. The van der Waals surface area contributed by atoms with Crippen LogP contribution in [0.15, 0.2) is 60.7 Å². The van der Waals surface area contributed by atoms with Crippen LogP contribution < -0.4 is 4.74 Å². The van der Waals surface area contributed by atoms with E-state index in [0.29, 0.717) is 18.8 Å². The predicted molar refractivity (Wildman–Crippen MR) is 99.9 cm³/mol. The van der Waals surface area contributed by atoms with E-state index < -0.39 is 0 Å². The molecule has 120 valence electrons. The van der Waals surface area contributed by atoms with Gasteiger partial charge in [0.2, 0.25) is 0 Å². The lowest BCUT2D eigenvalue weighted by molar-refractivity contribution is 0.0526. The summed E-state index contributed by atoms with van der Waals surface area (Å²) < 4.78 is 11.6. The average molecular weight is 422 g/mol. The lowest BCUT2D eigenvalue weighted by atomic mass is 10.1. The Morgan fingerprint density at radius 3 is 2.61 bits per heavy atom. The maximum Gasteiger partial charge on any atom is 0.338 e. The first kappa shape index (κ1) is 17.5. The van der Waals surface area contributed by atoms with Gasteiger partial charge in [-0.3, -0.25) is 0 Å². The molecule has 0 saturated heterocycles. The topological polar surface area (TPSA) is 35.5 Å². The number of rotatable bonds is 7. The van der Waals surface area contributed by atoms with Gasteiger partial charge in [0.1, 0.15) is 12.4 Å². The van der Waals surface area contributed by atoms with E-state index in [-0.39, 0.29) is 5.97 Å². The van der Waals surface area contributed by atoms with Crippen LogP contribution in [0.3, 0.4) is 0 Å². The molecule has 0 radical (unpaired) electrons. The Kier molecular flexibility index (Phi) is 7.13. The number of halogens is 1. The fraction of sp³-hybridized carbons (Fsp3) is 0.211. The van der Waals surface area contributed by atoms with Crippen molar-refractivity contribution in [2.45, 2.75) is 13.3 Å². The van der Waals surface area contributed by atoms with Gasteiger partial charge in [-0.05, 0) is 59.7 Å². The summed E-state index contributed by atoms with van der Waals surface area (Å²) in [5.74, 6) is 0.461. The van der Waals surface area contributed by atoms with Crippen molar-refractivity contribution < 1.29 is 14.3 Å². The molecule has 0 N–H and O–H groups in total. The molecule has 2 aromatic carbocycles. The number of allylic oxidation sites excluding steroid dienone is 1. The van der Waals surface area contributed by atoms with Crippen molar-refractivity contribution in [3.05, 3.63) is 75.4 Å². The molecule has 0 aliphatic carbocycles. The summed E-state index contributed by atoms with van der Waals surface area (Å²) in [6.07, 6.45) is 4.99. The molecule has 3 nitrogen and oxygen atoms in total. The molecule has 0 amide bonds. The van der Waals surface area contributed by atoms with Crippen LogP contribution in [-0.2, 0) is 11.2 Å². The fourth-order valence-corrected chi connectivity index (χ4v) is 2.67. The van der Waals surface area contributed by atoms with Crippen LogP contribution in [-0.4, -0.2) is 19.2 Å². The van der Waals surface area contributed by atoms with Gasteiger partial charge in [0.25, 0.3) is 0 Å². The summed E-state index contributed by atoms with van der Waals surface area (Å²) in [4.78, 5) is 11.7. The number of carbonyl (C=O) groups excluding carboxylic acids is 1. The Morgan fingerprint density at radius 2 is 1.91 bits per heavy atom. The van der Waals surface area contributed by atoms with E-state index in [9.17, 15) is 4.79 Å². The van der Waals surface area contributed by atoms with E-state index in [1.165, 1.54) is 5.56 Å². The maximum absolute atomic E-state index is 11.7. The molecule has 0 unspecified atom stereocenters. The van der Waals surface area contributed by atoms with Gasteiger partial charge >= 0.3 is 5.97 Å². The average Bonchev–Trinajstić information content (AvgIpc) is 2.57. The highest BCUT2D eigenvalue weighted by Crippen LogP contribution is 2.22.